The molecule has 0 aromatic rings. The summed E-state index contributed by atoms with van der Waals surface area (Å²) in [4.78, 5) is 0. The maximum Gasteiger partial charge on any atom is 0.0418 e. The maximum absolute atomic E-state index is 5.54. The molecule has 0 aliphatic carbocycles. The van der Waals surface area contributed by atoms with Crippen LogP contribution in [-0.4, -0.2) is 11.8 Å². The first kappa shape index (κ1) is 16.1. The lowest BCUT2D eigenvalue weighted by Gasteiger charge is -1.84. The molecule has 0 spiro atoms. The van der Waals surface area contributed by atoms with Gasteiger partial charge in [0.1, 0.15) is 0 Å². The highest BCUT2D eigenvalue weighted by Crippen LogP contribution is 2.04. The molecule has 0 radical (unpaired) electrons. The van der Waals surface area contributed by atoms with Gasteiger partial charge in [-0.25, -0.2) is 0 Å². The van der Waals surface area contributed by atoms with Gasteiger partial charge >= 0.3 is 0 Å². The first-order chi connectivity index (χ1) is 6.08. The monoisotopic (exact) mass is 262 g/mol. The molecule has 4 heteroatoms. The van der Waals surface area contributed by atoms with Gasteiger partial charge in [0.2, 0.25) is 0 Å². The van der Waals surface area contributed by atoms with Crippen LogP contribution in [0.2, 0.25) is 0 Å². The summed E-state index contributed by atoms with van der Waals surface area (Å²) in [5, 5.41) is 1.60. The molecule has 0 aliphatic rings. The van der Waals surface area contributed by atoms with Gasteiger partial charge in [-0.3, -0.25) is 0 Å². The van der Waals surface area contributed by atoms with Crippen molar-refractivity contribution in [1.82, 2.24) is 0 Å². The molecule has 0 unspecified atom stereocenters. The van der Waals surface area contributed by atoms with Gasteiger partial charge in [0.25, 0.3) is 0 Å². The van der Waals surface area contributed by atoms with Crippen LogP contribution in [0.4, 0.5) is 0 Å². The lowest BCUT2D eigenvalue weighted by molar-refractivity contribution is 1.19. The smallest absolute Gasteiger partial charge is 0.0418 e. The summed E-state index contributed by atoms with van der Waals surface area (Å²) in [7, 11) is 0. The third-order valence-electron chi connectivity index (χ3n) is 0.995. The van der Waals surface area contributed by atoms with Gasteiger partial charge in [-0.15, -0.1) is 23.2 Å². The van der Waals surface area contributed by atoms with Crippen molar-refractivity contribution in [1.29, 1.82) is 0 Å². The van der Waals surface area contributed by atoms with E-state index in [-0.39, 0.29) is 0 Å². The highest BCUT2D eigenvalue weighted by atomic mass is 35.5. The van der Waals surface area contributed by atoms with Crippen molar-refractivity contribution >= 4 is 46.4 Å². The third-order valence-corrected chi connectivity index (χ3v) is 1.88. The molecule has 0 rings (SSSR count). The molecular weight excluding hydrogens is 250 g/mol. The molecule has 0 saturated heterocycles. The summed E-state index contributed by atoms with van der Waals surface area (Å²) in [5.74, 6) is 1.03. The van der Waals surface area contributed by atoms with Gasteiger partial charge in [-0.2, -0.15) is 0 Å². The van der Waals surface area contributed by atoms with Crippen molar-refractivity contribution in [3.8, 4) is 0 Å². The van der Waals surface area contributed by atoms with Crippen LogP contribution < -0.4 is 0 Å². The van der Waals surface area contributed by atoms with Crippen LogP contribution in [0.25, 0.3) is 0 Å². The summed E-state index contributed by atoms with van der Waals surface area (Å²) >= 11 is 21.4. The van der Waals surface area contributed by atoms with Crippen molar-refractivity contribution < 1.29 is 0 Å². The van der Waals surface area contributed by atoms with Gasteiger partial charge < -0.3 is 0 Å². The van der Waals surface area contributed by atoms with Gasteiger partial charge in [-0.05, 0) is 13.3 Å². The fourth-order valence-electron chi connectivity index (χ4n) is 0.334. The fourth-order valence-corrected chi connectivity index (χ4v) is 1.06. The zero-order valence-electron chi connectivity index (χ0n) is 7.79. The Hall–Kier alpha value is 0.640. The van der Waals surface area contributed by atoms with Gasteiger partial charge in [-0.1, -0.05) is 42.3 Å². The second-order valence-electron chi connectivity index (χ2n) is 2.10. The van der Waals surface area contributed by atoms with E-state index < -0.39 is 0 Å². The first-order valence-electron chi connectivity index (χ1n) is 3.87. The molecule has 0 atom stereocenters. The largest absolute Gasteiger partial charge is 0.122 e. The molecule has 78 valence electrons. The Balaban J connectivity index is 0. The summed E-state index contributed by atoms with van der Waals surface area (Å²) in [5.41, 5.74) is 0. The molecule has 13 heavy (non-hydrogen) atoms. The van der Waals surface area contributed by atoms with E-state index in [0.29, 0.717) is 11.8 Å². The van der Waals surface area contributed by atoms with Crippen LogP contribution in [0.3, 0.4) is 0 Å². The Morgan fingerprint density at radius 3 is 1.62 bits per heavy atom. The normalized spacial score (nSPS) is 12.2. The predicted octanol–water partition coefficient (Wildman–Crippen LogP) is 5.13. The van der Waals surface area contributed by atoms with Gasteiger partial charge in [0, 0.05) is 21.8 Å². The average Bonchev–Trinajstić information content (AvgIpc) is 2.05. The number of hydrogen-bond acceptors (Lipinski definition) is 0. The number of alkyl halides is 2. The number of rotatable bonds is 3. The van der Waals surface area contributed by atoms with Crippen LogP contribution in [0.15, 0.2) is 22.2 Å². The Bertz CT molecular complexity index is 157. The molecule has 0 nitrogen and oxygen atoms in total. The molecule has 0 amide bonds. The SMILES string of the molecule is C/C(Cl)=C/CCl.CC/C(Cl)=C/CCl. The quantitative estimate of drug-likeness (QED) is 0.620. The maximum atomic E-state index is 5.54. The van der Waals surface area contributed by atoms with Crippen molar-refractivity contribution in [2.45, 2.75) is 20.3 Å². The van der Waals surface area contributed by atoms with E-state index in [4.69, 9.17) is 46.4 Å². The van der Waals surface area contributed by atoms with E-state index in [2.05, 4.69) is 0 Å². The van der Waals surface area contributed by atoms with Gasteiger partial charge in [0.05, 0.1) is 0 Å². The molecule has 0 aromatic heterocycles. The molecule has 0 aromatic carbocycles. The van der Waals surface area contributed by atoms with Gasteiger partial charge in [0.15, 0.2) is 0 Å². The predicted molar refractivity (Wildman–Crippen MR) is 65.3 cm³/mol. The van der Waals surface area contributed by atoms with E-state index in [0.717, 1.165) is 16.5 Å². The molecule has 0 aliphatic heterocycles. The van der Waals surface area contributed by atoms with E-state index in [1.54, 1.807) is 19.1 Å². The molecule has 0 saturated carbocycles. The first-order valence-corrected chi connectivity index (χ1v) is 5.69. The summed E-state index contributed by atoms with van der Waals surface area (Å²) in [6.45, 7) is 3.79. The Morgan fingerprint density at radius 2 is 1.54 bits per heavy atom. The van der Waals surface area contributed by atoms with Crippen LogP contribution in [0.5, 0.6) is 0 Å². The number of hydrogen-bond donors (Lipinski definition) is 0. The molecule has 0 N–H and O–H groups in total. The minimum absolute atomic E-state index is 0.509. The van der Waals surface area contributed by atoms with Crippen LogP contribution in [0, 0.1) is 0 Å². The summed E-state index contributed by atoms with van der Waals surface area (Å²) in [6.07, 6.45) is 4.42. The van der Waals surface area contributed by atoms with Crippen LogP contribution >= 0.6 is 46.4 Å². The van der Waals surface area contributed by atoms with Crippen molar-refractivity contribution in [3.05, 3.63) is 22.2 Å². The molecule has 0 heterocycles. The second-order valence-corrected chi connectivity index (χ2v) is 3.80. The minimum atomic E-state index is 0.509. The highest BCUT2D eigenvalue weighted by Gasteiger charge is 1.80. The lowest BCUT2D eigenvalue weighted by atomic mass is 10.4. The lowest BCUT2D eigenvalue weighted by Crippen LogP contribution is -1.66. The van der Waals surface area contributed by atoms with Crippen molar-refractivity contribution in [2.24, 2.45) is 0 Å². The van der Waals surface area contributed by atoms with Crippen LogP contribution in [0.1, 0.15) is 20.3 Å². The highest BCUT2D eigenvalue weighted by molar-refractivity contribution is 6.30. The Labute approximate surface area is 100 Å². The molecule has 0 fully saturated rings. The molecular formula is C9H14Cl4. The number of halogens is 4. The molecule has 0 bridgehead atoms. The average molecular weight is 264 g/mol. The summed E-state index contributed by atoms with van der Waals surface area (Å²) in [6, 6.07) is 0. The minimum Gasteiger partial charge on any atom is -0.122 e. The zero-order valence-corrected chi connectivity index (χ0v) is 10.8. The van der Waals surface area contributed by atoms with Crippen molar-refractivity contribution in [2.75, 3.05) is 11.8 Å². The topological polar surface area (TPSA) is 0 Å². The second kappa shape index (κ2) is 12.6. The van der Waals surface area contributed by atoms with E-state index in [1.165, 1.54) is 0 Å². The Morgan fingerprint density at radius 1 is 1.08 bits per heavy atom. The fraction of sp³-hybridized carbons (Fsp3) is 0.556. The van der Waals surface area contributed by atoms with Crippen molar-refractivity contribution in [3.63, 3.8) is 0 Å². The van der Waals surface area contributed by atoms with E-state index in [1.807, 2.05) is 6.92 Å². The van der Waals surface area contributed by atoms with E-state index in [9.17, 15) is 0 Å². The van der Waals surface area contributed by atoms with E-state index >= 15 is 0 Å². The number of allylic oxidation sites excluding steroid dienone is 4. The zero-order chi connectivity index (χ0) is 10.7. The Kier molecular flexibility index (Phi) is 15.6. The standard InChI is InChI=1S/C5H8Cl2.C4H6Cl2/c1-2-5(7)3-4-6;1-4(6)2-3-5/h3H,2,4H2,1H3;2H,3H2,1H3/b5-3-;4-2-. The summed E-state index contributed by atoms with van der Waals surface area (Å²) < 4.78 is 0. The third kappa shape index (κ3) is 19.2. The van der Waals surface area contributed by atoms with Crippen LogP contribution in [-0.2, 0) is 0 Å².